The van der Waals surface area contributed by atoms with Crippen molar-refractivity contribution in [2.75, 3.05) is 0 Å². The summed E-state index contributed by atoms with van der Waals surface area (Å²) in [5.74, 6) is -0.622. The zero-order chi connectivity index (χ0) is 19.9. The van der Waals surface area contributed by atoms with Crippen LogP contribution in [0.3, 0.4) is 0 Å². The number of Topliss-reactive ketones (excluding diaryl/α,β-unsaturated/α-hetero) is 1. The van der Waals surface area contributed by atoms with E-state index in [1.165, 1.54) is 0 Å². The number of carbonyl (C=O) groups excluding carboxylic acids is 2. The van der Waals surface area contributed by atoms with Gasteiger partial charge in [-0.3, -0.25) is 9.78 Å². The maximum atomic E-state index is 13.2. The van der Waals surface area contributed by atoms with Crippen molar-refractivity contribution in [2.45, 2.75) is 71.3 Å². The van der Waals surface area contributed by atoms with E-state index in [-0.39, 0.29) is 23.3 Å². The fraction of sp³-hybridized carbons (Fsp3) is 0.522. The highest BCUT2D eigenvalue weighted by Crippen LogP contribution is 2.46. The Morgan fingerprint density at radius 2 is 2.00 bits per heavy atom. The molecule has 1 aromatic rings. The van der Waals surface area contributed by atoms with Crippen molar-refractivity contribution in [2.24, 2.45) is 5.41 Å². The van der Waals surface area contributed by atoms with Crippen LogP contribution in [0, 0.1) is 5.41 Å². The standard InChI is InChI=1S/C23H28N2O3/c1-14-19(22(27)28-16-8-4-5-9-16)20(15-7-6-10-24-13-15)21-17(25-14)11-23(2,3)12-18(21)26/h6-7,10,13,16,20,25H,4-5,8-9,11-12H2,1-3H3/t20-/m0/s1. The molecule has 1 aliphatic heterocycles. The molecule has 0 amide bonds. The van der Waals surface area contributed by atoms with E-state index in [9.17, 15) is 9.59 Å². The van der Waals surface area contributed by atoms with Gasteiger partial charge in [-0.05, 0) is 56.1 Å². The molecule has 0 unspecified atom stereocenters. The average Bonchev–Trinajstić information content (AvgIpc) is 3.13. The summed E-state index contributed by atoms with van der Waals surface area (Å²) in [5, 5.41) is 3.38. The van der Waals surface area contributed by atoms with Crippen molar-refractivity contribution in [3.63, 3.8) is 0 Å². The molecule has 1 atom stereocenters. The van der Waals surface area contributed by atoms with E-state index in [1.54, 1.807) is 12.4 Å². The second-order valence-electron chi connectivity index (χ2n) is 9.03. The molecule has 2 heterocycles. The van der Waals surface area contributed by atoms with Crippen LogP contribution in [-0.2, 0) is 14.3 Å². The lowest BCUT2D eigenvalue weighted by molar-refractivity contribution is -0.144. The summed E-state index contributed by atoms with van der Waals surface area (Å²) < 4.78 is 5.84. The minimum Gasteiger partial charge on any atom is -0.459 e. The second kappa shape index (κ2) is 7.19. The van der Waals surface area contributed by atoms with Gasteiger partial charge >= 0.3 is 5.97 Å². The lowest BCUT2D eigenvalue weighted by atomic mass is 9.69. The number of carbonyl (C=O) groups is 2. The second-order valence-corrected chi connectivity index (χ2v) is 9.03. The van der Waals surface area contributed by atoms with Crippen molar-refractivity contribution >= 4 is 11.8 Å². The summed E-state index contributed by atoms with van der Waals surface area (Å²) in [6.45, 7) is 6.13. The first kappa shape index (κ1) is 18.9. The Hall–Kier alpha value is -2.43. The molecular weight excluding hydrogens is 352 g/mol. The summed E-state index contributed by atoms with van der Waals surface area (Å²) in [5.41, 5.74) is 3.74. The number of dihydropyridines is 1. The molecule has 1 saturated carbocycles. The number of ether oxygens (including phenoxy) is 1. The van der Waals surface area contributed by atoms with Crippen LogP contribution in [-0.4, -0.2) is 22.8 Å². The molecule has 0 spiro atoms. The summed E-state index contributed by atoms with van der Waals surface area (Å²) in [6.07, 6.45) is 8.75. The van der Waals surface area contributed by atoms with Gasteiger partial charge in [-0.25, -0.2) is 4.79 Å². The van der Waals surface area contributed by atoms with E-state index in [4.69, 9.17) is 4.74 Å². The van der Waals surface area contributed by atoms with Gasteiger partial charge in [-0.2, -0.15) is 0 Å². The molecule has 148 valence electrons. The number of nitrogens with zero attached hydrogens (tertiary/aromatic N) is 1. The molecule has 0 radical (unpaired) electrons. The molecule has 0 aromatic carbocycles. The van der Waals surface area contributed by atoms with Crippen molar-refractivity contribution in [1.29, 1.82) is 0 Å². The fourth-order valence-electron chi connectivity index (χ4n) is 4.81. The van der Waals surface area contributed by atoms with E-state index in [0.717, 1.165) is 49.1 Å². The third-order valence-corrected chi connectivity index (χ3v) is 6.05. The molecule has 5 heteroatoms. The number of ketones is 1. The molecule has 0 saturated heterocycles. The molecule has 3 aliphatic rings. The molecule has 1 fully saturated rings. The van der Waals surface area contributed by atoms with Crippen LogP contribution in [0.5, 0.6) is 0 Å². The van der Waals surface area contributed by atoms with Gasteiger partial charge in [0.05, 0.1) is 5.57 Å². The minimum absolute atomic E-state index is 0.0151. The van der Waals surface area contributed by atoms with Gasteiger partial charge in [-0.1, -0.05) is 19.9 Å². The Morgan fingerprint density at radius 3 is 2.68 bits per heavy atom. The highest BCUT2D eigenvalue weighted by Gasteiger charge is 2.43. The highest BCUT2D eigenvalue weighted by atomic mass is 16.5. The lowest BCUT2D eigenvalue weighted by Gasteiger charge is -2.39. The minimum atomic E-state index is -0.414. The predicted molar refractivity (Wildman–Crippen MR) is 106 cm³/mol. The molecule has 1 aromatic heterocycles. The quantitative estimate of drug-likeness (QED) is 0.797. The Bertz CT molecular complexity index is 861. The van der Waals surface area contributed by atoms with Crippen molar-refractivity contribution < 1.29 is 14.3 Å². The molecule has 28 heavy (non-hydrogen) atoms. The summed E-state index contributed by atoms with van der Waals surface area (Å²) >= 11 is 0. The van der Waals surface area contributed by atoms with Gasteiger partial charge in [0.2, 0.25) is 0 Å². The number of hydrogen-bond acceptors (Lipinski definition) is 5. The molecule has 4 rings (SSSR count). The molecule has 1 N–H and O–H groups in total. The van der Waals surface area contributed by atoms with Gasteiger partial charge in [-0.15, -0.1) is 0 Å². The zero-order valence-corrected chi connectivity index (χ0v) is 16.9. The van der Waals surface area contributed by atoms with Crippen molar-refractivity contribution in [3.05, 3.63) is 52.6 Å². The van der Waals surface area contributed by atoms with Crippen LogP contribution in [0.4, 0.5) is 0 Å². The van der Waals surface area contributed by atoms with Crippen LogP contribution in [0.15, 0.2) is 47.1 Å². The normalized spacial score (nSPS) is 24.8. The van der Waals surface area contributed by atoms with Gasteiger partial charge in [0.25, 0.3) is 0 Å². The molecule has 2 aliphatic carbocycles. The third kappa shape index (κ3) is 3.50. The van der Waals surface area contributed by atoms with Gasteiger partial charge < -0.3 is 10.1 Å². The van der Waals surface area contributed by atoms with Crippen LogP contribution in [0.2, 0.25) is 0 Å². The van der Waals surface area contributed by atoms with Crippen LogP contribution in [0.1, 0.15) is 70.8 Å². The Morgan fingerprint density at radius 1 is 1.25 bits per heavy atom. The number of aromatic nitrogens is 1. The lowest BCUT2D eigenvalue weighted by Crippen LogP contribution is -2.39. The average molecular weight is 380 g/mol. The largest absolute Gasteiger partial charge is 0.459 e. The van der Waals surface area contributed by atoms with E-state index in [1.807, 2.05) is 19.1 Å². The van der Waals surface area contributed by atoms with Crippen LogP contribution < -0.4 is 5.32 Å². The first-order chi connectivity index (χ1) is 13.4. The van der Waals surface area contributed by atoms with Gasteiger partial charge in [0.1, 0.15) is 6.10 Å². The number of allylic oxidation sites excluding steroid dienone is 3. The monoisotopic (exact) mass is 380 g/mol. The van der Waals surface area contributed by atoms with E-state index < -0.39 is 5.92 Å². The molecule has 0 bridgehead atoms. The number of pyridine rings is 1. The molecular formula is C23H28N2O3. The van der Waals surface area contributed by atoms with E-state index >= 15 is 0 Å². The van der Waals surface area contributed by atoms with E-state index in [0.29, 0.717) is 17.6 Å². The number of nitrogens with one attached hydrogen (secondary N) is 1. The molecule has 5 nitrogen and oxygen atoms in total. The summed E-state index contributed by atoms with van der Waals surface area (Å²) in [4.78, 5) is 30.6. The summed E-state index contributed by atoms with van der Waals surface area (Å²) in [6, 6.07) is 3.79. The van der Waals surface area contributed by atoms with Crippen molar-refractivity contribution in [3.8, 4) is 0 Å². The van der Waals surface area contributed by atoms with Crippen LogP contribution in [0.25, 0.3) is 0 Å². The Kier molecular flexibility index (Phi) is 4.86. The topological polar surface area (TPSA) is 68.3 Å². The van der Waals surface area contributed by atoms with E-state index in [2.05, 4.69) is 24.1 Å². The third-order valence-electron chi connectivity index (χ3n) is 6.05. The number of esters is 1. The Labute approximate surface area is 166 Å². The number of hydrogen-bond donors (Lipinski definition) is 1. The SMILES string of the molecule is CC1=C(C(=O)OC2CCCC2)[C@H](c2cccnc2)C2=C(CC(C)(C)CC2=O)N1. The maximum absolute atomic E-state index is 13.2. The smallest absolute Gasteiger partial charge is 0.337 e. The van der Waals surface area contributed by atoms with Crippen molar-refractivity contribution in [1.82, 2.24) is 10.3 Å². The van der Waals surface area contributed by atoms with Gasteiger partial charge in [0.15, 0.2) is 5.78 Å². The summed E-state index contributed by atoms with van der Waals surface area (Å²) in [7, 11) is 0. The first-order valence-electron chi connectivity index (χ1n) is 10.2. The first-order valence-corrected chi connectivity index (χ1v) is 10.2. The number of rotatable bonds is 3. The predicted octanol–water partition coefficient (Wildman–Crippen LogP) is 4.17. The Balaban J connectivity index is 1.76. The zero-order valence-electron chi connectivity index (χ0n) is 16.9. The highest BCUT2D eigenvalue weighted by molar-refractivity contribution is 6.04. The van der Waals surface area contributed by atoms with Gasteiger partial charge in [0, 0.05) is 41.7 Å². The fourth-order valence-corrected chi connectivity index (χ4v) is 4.81. The van der Waals surface area contributed by atoms with Crippen LogP contribution >= 0.6 is 0 Å². The maximum Gasteiger partial charge on any atom is 0.337 e.